The summed E-state index contributed by atoms with van der Waals surface area (Å²) in [4.78, 5) is 26.1. The van der Waals surface area contributed by atoms with Gasteiger partial charge in [-0.1, -0.05) is 209 Å². The van der Waals surface area contributed by atoms with Gasteiger partial charge in [0.25, 0.3) is 0 Å². The molecule has 334 valence electrons. The average molecular weight is 810 g/mol. The largest absolute Gasteiger partial charge is 0.462 e. The standard InChI is InChI=1S/C52H91NO5/c1-4-7-10-13-16-19-22-24-25-27-30-33-36-39-42-45-52(57)58-48(43-40-37-34-31-29-26-23-20-17-14-11-8-5-2)46-51(56)53-49(47-54)50(55)44-41-38-35-32-28-21-18-15-12-9-6-3/h7,10,13,16-17,19-20,22-26,48-50,54-55H,4-6,8-9,11-12,14-15,18,21,27-47H2,1-3H3,(H,53,56)/b10-7+,16-13+,20-17+,22-19+,25-24-,26-23+. The molecule has 3 unspecified atom stereocenters. The maximum atomic E-state index is 13.2. The molecule has 0 rings (SSSR count). The molecule has 3 atom stereocenters. The average Bonchev–Trinajstić information content (AvgIpc) is 3.22. The number of hydrogen-bond donors (Lipinski definition) is 3. The molecule has 0 saturated carbocycles. The quantitative estimate of drug-likeness (QED) is 0.0324. The summed E-state index contributed by atoms with van der Waals surface area (Å²) in [5.41, 5.74) is 0. The smallest absolute Gasteiger partial charge is 0.306 e. The molecular weight excluding hydrogens is 719 g/mol. The summed E-state index contributed by atoms with van der Waals surface area (Å²) in [6.07, 6.45) is 56.7. The van der Waals surface area contributed by atoms with Crippen LogP contribution in [0.5, 0.6) is 0 Å². The SMILES string of the molecule is CC/C=C/C=C/C=C/C=C\CCCCCCCC(=O)OC(CCCCCC/C=C/C=C/CCCCC)CC(=O)NC(CO)C(O)CCCCCCCCCCCCC. The highest BCUT2D eigenvalue weighted by molar-refractivity contribution is 5.77. The third-order valence-corrected chi connectivity index (χ3v) is 10.6. The Hall–Kier alpha value is -2.70. The Kier molecular flexibility index (Phi) is 43.3. The van der Waals surface area contributed by atoms with Crippen LogP contribution in [0, 0.1) is 0 Å². The fraction of sp³-hybridized carbons (Fsp3) is 0.731. The van der Waals surface area contributed by atoms with Crippen LogP contribution in [-0.4, -0.2) is 46.9 Å². The Balaban J connectivity index is 4.68. The second-order valence-corrected chi connectivity index (χ2v) is 16.2. The molecule has 0 bridgehead atoms. The Morgan fingerprint density at radius 2 is 0.931 bits per heavy atom. The van der Waals surface area contributed by atoms with Crippen molar-refractivity contribution < 1.29 is 24.5 Å². The van der Waals surface area contributed by atoms with E-state index < -0.39 is 18.2 Å². The van der Waals surface area contributed by atoms with E-state index in [1.807, 2.05) is 18.2 Å². The van der Waals surface area contributed by atoms with Gasteiger partial charge in [0.05, 0.1) is 25.2 Å². The third-order valence-electron chi connectivity index (χ3n) is 10.6. The number of ether oxygens (including phenoxy) is 1. The van der Waals surface area contributed by atoms with Crippen LogP contribution < -0.4 is 5.32 Å². The maximum absolute atomic E-state index is 13.2. The van der Waals surface area contributed by atoms with Crippen LogP contribution in [0.3, 0.4) is 0 Å². The fourth-order valence-electron chi connectivity index (χ4n) is 6.96. The number of carbonyl (C=O) groups is 2. The summed E-state index contributed by atoms with van der Waals surface area (Å²) in [7, 11) is 0. The van der Waals surface area contributed by atoms with Crippen molar-refractivity contribution in [3.8, 4) is 0 Å². The number of allylic oxidation sites excluding steroid dienone is 12. The van der Waals surface area contributed by atoms with Gasteiger partial charge in [-0.15, -0.1) is 0 Å². The molecule has 0 aliphatic carbocycles. The molecule has 0 radical (unpaired) electrons. The molecule has 0 saturated heterocycles. The minimum absolute atomic E-state index is 0.0512. The fourth-order valence-corrected chi connectivity index (χ4v) is 6.96. The van der Waals surface area contributed by atoms with Crippen LogP contribution in [0.1, 0.15) is 220 Å². The van der Waals surface area contributed by atoms with Crippen molar-refractivity contribution in [2.24, 2.45) is 0 Å². The van der Waals surface area contributed by atoms with Crippen molar-refractivity contribution in [3.05, 3.63) is 72.9 Å². The summed E-state index contributed by atoms with van der Waals surface area (Å²) in [5.74, 6) is -0.525. The van der Waals surface area contributed by atoms with Crippen molar-refractivity contribution in [2.75, 3.05) is 6.61 Å². The minimum Gasteiger partial charge on any atom is -0.462 e. The van der Waals surface area contributed by atoms with Gasteiger partial charge in [0, 0.05) is 6.42 Å². The zero-order valence-corrected chi connectivity index (χ0v) is 37.9. The first-order valence-corrected chi connectivity index (χ1v) is 24.2. The molecule has 0 aromatic rings. The second-order valence-electron chi connectivity index (χ2n) is 16.2. The first-order chi connectivity index (χ1) is 28.5. The molecule has 0 fully saturated rings. The molecule has 6 heteroatoms. The molecule has 0 aromatic carbocycles. The van der Waals surface area contributed by atoms with Gasteiger partial charge in [-0.3, -0.25) is 9.59 Å². The number of carbonyl (C=O) groups excluding carboxylic acids is 2. The first-order valence-electron chi connectivity index (χ1n) is 24.2. The molecule has 0 aliphatic heterocycles. The van der Waals surface area contributed by atoms with Crippen molar-refractivity contribution in [2.45, 2.75) is 238 Å². The zero-order valence-electron chi connectivity index (χ0n) is 37.9. The van der Waals surface area contributed by atoms with Crippen LogP contribution in [0.2, 0.25) is 0 Å². The lowest BCUT2D eigenvalue weighted by atomic mass is 10.0. The summed E-state index contributed by atoms with van der Waals surface area (Å²) in [6, 6.07) is -0.715. The van der Waals surface area contributed by atoms with E-state index in [1.165, 1.54) is 70.6 Å². The molecular formula is C52H91NO5. The van der Waals surface area contributed by atoms with E-state index in [4.69, 9.17) is 4.74 Å². The van der Waals surface area contributed by atoms with Gasteiger partial charge in [0.1, 0.15) is 6.10 Å². The number of nitrogens with one attached hydrogen (secondary N) is 1. The summed E-state index contributed by atoms with van der Waals surface area (Å²) in [6.45, 7) is 6.28. The molecule has 3 N–H and O–H groups in total. The molecule has 6 nitrogen and oxygen atoms in total. The van der Waals surface area contributed by atoms with Crippen molar-refractivity contribution in [3.63, 3.8) is 0 Å². The topological polar surface area (TPSA) is 95.9 Å². The van der Waals surface area contributed by atoms with E-state index >= 15 is 0 Å². The van der Waals surface area contributed by atoms with E-state index in [2.05, 4.69) is 80.8 Å². The monoisotopic (exact) mass is 810 g/mol. The number of unbranched alkanes of at least 4 members (excludes halogenated alkanes) is 22. The van der Waals surface area contributed by atoms with Gasteiger partial charge >= 0.3 is 5.97 Å². The highest BCUT2D eigenvalue weighted by Gasteiger charge is 2.24. The van der Waals surface area contributed by atoms with E-state index in [9.17, 15) is 19.8 Å². The second kappa shape index (κ2) is 45.4. The van der Waals surface area contributed by atoms with Gasteiger partial charge in [-0.05, 0) is 70.6 Å². The minimum atomic E-state index is -0.799. The predicted molar refractivity (Wildman–Crippen MR) is 250 cm³/mol. The van der Waals surface area contributed by atoms with Crippen LogP contribution >= 0.6 is 0 Å². The maximum Gasteiger partial charge on any atom is 0.306 e. The Morgan fingerprint density at radius 1 is 0.517 bits per heavy atom. The molecule has 0 aromatic heterocycles. The number of esters is 1. The molecule has 1 amide bonds. The van der Waals surface area contributed by atoms with E-state index in [0.717, 1.165) is 103 Å². The van der Waals surface area contributed by atoms with E-state index in [1.54, 1.807) is 0 Å². The van der Waals surface area contributed by atoms with E-state index in [-0.39, 0.29) is 24.9 Å². The van der Waals surface area contributed by atoms with E-state index in [0.29, 0.717) is 19.3 Å². The number of aliphatic hydroxyl groups is 2. The third kappa shape index (κ3) is 40.1. The van der Waals surface area contributed by atoms with Crippen LogP contribution in [0.15, 0.2) is 72.9 Å². The molecule has 58 heavy (non-hydrogen) atoms. The number of amides is 1. The molecule has 0 heterocycles. The summed E-state index contributed by atoms with van der Waals surface area (Å²) >= 11 is 0. The molecule has 0 spiro atoms. The van der Waals surface area contributed by atoms with Crippen LogP contribution in [0.4, 0.5) is 0 Å². The Labute approximate surface area is 358 Å². The Morgan fingerprint density at radius 3 is 1.47 bits per heavy atom. The number of hydrogen-bond acceptors (Lipinski definition) is 5. The van der Waals surface area contributed by atoms with Gasteiger partial charge in [-0.25, -0.2) is 0 Å². The first kappa shape index (κ1) is 55.3. The lowest BCUT2D eigenvalue weighted by Gasteiger charge is -2.24. The van der Waals surface area contributed by atoms with Crippen molar-refractivity contribution in [1.29, 1.82) is 0 Å². The predicted octanol–water partition coefficient (Wildman–Crippen LogP) is 14.2. The highest BCUT2D eigenvalue weighted by Crippen LogP contribution is 2.17. The van der Waals surface area contributed by atoms with Gasteiger partial charge in [-0.2, -0.15) is 0 Å². The van der Waals surface area contributed by atoms with Crippen LogP contribution in [-0.2, 0) is 14.3 Å². The lowest BCUT2D eigenvalue weighted by molar-refractivity contribution is -0.151. The van der Waals surface area contributed by atoms with Crippen molar-refractivity contribution in [1.82, 2.24) is 5.32 Å². The molecule has 0 aliphatic rings. The van der Waals surface area contributed by atoms with Gasteiger partial charge in [0.15, 0.2) is 0 Å². The zero-order chi connectivity index (χ0) is 42.4. The van der Waals surface area contributed by atoms with Crippen LogP contribution in [0.25, 0.3) is 0 Å². The summed E-state index contributed by atoms with van der Waals surface area (Å²) < 4.78 is 5.90. The number of rotatable bonds is 42. The highest BCUT2D eigenvalue weighted by atomic mass is 16.5. The lowest BCUT2D eigenvalue weighted by Crippen LogP contribution is -2.46. The van der Waals surface area contributed by atoms with Gasteiger partial charge in [0.2, 0.25) is 5.91 Å². The number of aliphatic hydroxyl groups excluding tert-OH is 2. The summed E-state index contributed by atoms with van der Waals surface area (Å²) in [5, 5.41) is 23.7. The van der Waals surface area contributed by atoms with Crippen molar-refractivity contribution >= 4 is 11.9 Å². The normalized spacial score (nSPS) is 13.9. The Bertz CT molecular complexity index is 1090. The van der Waals surface area contributed by atoms with Gasteiger partial charge < -0.3 is 20.3 Å².